The molecule has 104 valence electrons. The molecule has 4 nitrogen and oxygen atoms in total. The van der Waals surface area contributed by atoms with E-state index in [2.05, 4.69) is 41.1 Å². The summed E-state index contributed by atoms with van der Waals surface area (Å²) in [5.41, 5.74) is 10.0. The fourth-order valence-corrected chi connectivity index (χ4v) is 2.52. The number of nitrogens with zero attached hydrogens (tertiary/aromatic N) is 3. The normalized spacial score (nSPS) is 14.8. The first-order valence-corrected chi connectivity index (χ1v) is 7.16. The van der Waals surface area contributed by atoms with Crippen molar-refractivity contribution in [3.63, 3.8) is 0 Å². The van der Waals surface area contributed by atoms with Gasteiger partial charge in [-0.3, -0.25) is 0 Å². The summed E-state index contributed by atoms with van der Waals surface area (Å²) in [6.07, 6.45) is 2.44. The molecule has 0 bridgehead atoms. The van der Waals surface area contributed by atoms with Gasteiger partial charge >= 0.3 is 0 Å². The Labute approximate surface area is 119 Å². The largest absolute Gasteiger partial charge is 0.341 e. The Morgan fingerprint density at radius 3 is 2.45 bits per heavy atom. The molecule has 0 atom stereocenters. The van der Waals surface area contributed by atoms with E-state index in [-0.39, 0.29) is 0 Å². The van der Waals surface area contributed by atoms with Crippen LogP contribution in [0, 0.1) is 6.92 Å². The van der Waals surface area contributed by atoms with E-state index >= 15 is 0 Å². The van der Waals surface area contributed by atoms with Crippen molar-refractivity contribution in [1.29, 1.82) is 0 Å². The minimum Gasteiger partial charge on any atom is -0.341 e. The molecule has 0 unspecified atom stereocenters. The molecule has 1 aromatic heterocycles. The zero-order chi connectivity index (χ0) is 13.9. The molecule has 4 heteroatoms. The summed E-state index contributed by atoms with van der Waals surface area (Å²) in [7, 11) is 0. The van der Waals surface area contributed by atoms with E-state index in [1.54, 1.807) is 0 Å². The average molecular weight is 268 g/mol. The first-order valence-electron chi connectivity index (χ1n) is 7.16. The van der Waals surface area contributed by atoms with Crippen molar-refractivity contribution in [3.05, 3.63) is 41.6 Å². The maximum atomic E-state index is 5.78. The lowest BCUT2D eigenvalue weighted by Gasteiger charge is -2.17. The maximum Gasteiger partial charge on any atom is 0.226 e. The highest BCUT2D eigenvalue weighted by molar-refractivity contribution is 5.61. The van der Waals surface area contributed by atoms with E-state index in [9.17, 15) is 0 Å². The molecule has 20 heavy (non-hydrogen) atoms. The minimum atomic E-state index is 0.447. The second-order valence-corrected chi connectivity index (χ2v) is 5.31. The van der Waals surface area contributed by atoms with Crippen LogP contribution in [-0.4, -0.2) is 23.1 Å². The van der Waals surface area contributed by atoms with E-state index < -0.39 is 0 Å². The summed E-state index contributed by atoms with van der Waals surface area (Å²) < 4.78 is 0. The van der Waals surface area contributed by atoms with E-state index in [0.717, 1.165) is 36.0 Å². The predicted molar refractivity (Wildman–Crippen MR) is 81.5 cm³/mol. The van der Waals surface area contributed by atoms with Crippen molar-refractivity contribution in [2.24, 2.45) is 5.73 Å². The summed E-state index contributed by atoms with van der Waals surface area (Å²) in [6.45, 7) is 4.62. The smallest absolute Gasteiger partial charge is 0.226 e. The zero-order valence-electron chi connectivity index (χ0n) is 11.8. The van der Waals surface area contributed by atoms with Gasteiger partial charge in [0.15, 0.2) is 0 Å². The molecule has 0 radical (unpaired) electrons. The fourth-order valence-electron chi connectivity index (χ4n) is 2.52. The molecule has 1 saturated heterocycles. The molecule has 0 spiro atoms. The Morgan fingerprint density at radius 1 is 1.10 bits per heavy atom. The average Bonchev–Trinajstić information content (AvgIpc) is 3.02. The topological polar surface area (TPSA) is 55.0 Å². The molecule has 2 aromatic rings. The van der Waals surface area contributed by atoms with Gasteiger partial charge in [0.25, 0.3) is 0 Å². The molecule has 2 N–H and O–H groups in total. The second kappa shape index (κ2) is 5.59. The molecule has 1 fully saturated rings. The van der Waals surface area contributed by atoms with Crippen molar-refractivity contribution in [2.45, 2.75) is 26.3 Å². The fraction of sp³-hybridized carbons (Fsp3) is 0.375. The zero-order valence-corrected chi connectivity index (χ0v) is 11.8. The lowest BCUT2D eigenvalue weighted by atomic mass is 10.1. The second-order valence-electron chi connectivity index (χ2n) is 5.31. The number of rotatable bonds is 3. The minimum absolute atomic E-state index is 0.447. The van der Waals surface area contributed by atoms with Gasteiger partial charge < -0.3 is 10.6 Å². The molecular formula is C16H20N4. The number of nitrogens with two attached hydrogens (primary N) is 1. The van der Waals surface area contributed by atoms with Crippen molar-refractivity contribution in [3.8, 4) is 11.3 Å². The number of benzene rings is 1. The summed E-state index contributed by atoms with van der Waals surface area (Å²) in [5, 5.41) is 0. The van der Waals surface area contributed by atoms with Gasteiger partial charge in [0, 0.05) is 25.2 Å². The first kappa shape index (κ1) is 13.1. The van der Waals surface area contributed by atoms with Crippen LogP contribution in [0.2, 0.25) is 0 Å². The van der Waals surface area contributed by atoms with E-state index in [4.69, 9.17) is 10.7 Å². The summed E-state index contributed by atoms with van der Waals surface area (Å²) in [6, 6.07) is 10.4. The standard InChI is InChI=1S/C16H20N4/c1-12-4-6-13(7-5-12)15-10-14(11-17)18-16(19-15)20-8-2-3-9-20/h4-7,10H,2-3,8-9,11,17H2,1H3. The molecule has 0 aliphatic carbocycles. The highest BCUT2D eigenvalue weighted by Gasteiger charge is 2.16. The number of hydrogen-bond acceptors (Lipinski definition) is 4. The summed E-state index contributed by atoms with van der Waals surface area (Å²) in [4.78, 5) is 11.5. The van der Waals surface area contributed by atoms with Crippen molar-refractivity contribution < 1.29 is 0 Å². The Morgan fingerprint density at radius 2 is 1.80 bits per heavy atom. The quantitative estimate of drug-likeness (QED) is 0.929. The lowest BCUT2D eigenvalue weighted by molar-refractivity contribution is 0.870. The van der Waals surface area contributed by atoms with Crippen LogP contribution in [0.1, 0.15) is 24.1 Å². The Bertz CT molecular complexity index is 586. The summed E-state index contributed by atoms with van der Waals surface area (Å²) in [5.74, 6) is 0.820. The van der Waals surface area contributed by atoms with Gasteiger partial charge in [0.05, 0.1) is 11.4 Å². The third-order valence-corrected chi connectivity index (χ3v) is 3.71. The van der Waals surface area contributed by atoms with Crippen molar-refractivity contribution >= 4 is 5.95 Å². The SMILES string of the molecule is Cc1ccc(-c2cc(CN)nc(N3CCCC3)n2)cc1. The number of aromatic nitrogens is 2. The molecule has 3 rings (SSSR count). The lowest BCUT2D eigenvalue weighted by Crippen LogP contribution is -2.21. The Balaban J connectivity index is 2.01. The van der Waals surface area contributed by atoms with Crippen LogP contribution in [0.4, 0.5) is 5.95 Å². The molecule has 1 aromatic carbocycles. The number of anilines is 1. The van der Waals surface area contributed by atoms with Gasteiger partial charge in [-0.1, -0.05) is 29.8 Å². The van der Waals surface area contributed by atoms with Gasteiger partial charge in [-0.25, -0.2) is 9.97 Å². The van der Waals surface area contributed by atoms with Gasteiger partial charge in [-0.15, -0.1) is 0 Å². The van der Waals surface area contributed by atoms with Crippen LogP contribution in [0.5, 0.6) is 0 Å². The predicted octanol–water partition coefficient (Wildman–Crippen LogP) is 2.51. The third-order valence-electron chi connectivity index (χ3n) is 3.71. The first-order chi connectivity index (χ1) is 9.76. The third kappa shape index (κ3) is 2.65. The Hall–Kier alpha value is -1.94. The summed E-state index contributed by atoms with van der Waals surface area (Å²) >= 11 is 0. The molecule has 0 amide bonds. The van der Waals surface area contributed by atoms with Crippen LogP contribution in [0.15, 0.2) is 30.3 Å². The highest BCUT2D eigenvalue weighted by Crippen LogP contribution is 2.23. The van der Waals surface area contributed by atoms with E-state index in [1.807, 2.05) is 6.07 Å². The Kier molecular flexibility index (Phi) is 3.65. The molecule has 1 aliphatic rings. The molecule has 1 aliphatic heterocycles. The van der Waals surface area contributed by atoms with Gasteiger partial charge in [-0.05, 0) is 25.8 Å². The van der Waals surface area contributed by atoms with E-state index in [0.29, 0.717) is 6.54 Å². The molecule has 2 heterocycles. The monoisotopic (exact) mass is 268 g/mol. The number of aryl methyl sites for hydroxylation is 1. The van der Waals surface area contributed by atoms with Gasteiger partial charge in [0.2, 0.25) is 5.95 Å². The van der Waals surface area contributed by atoms with Gasteiger partial charge in [0.1, 0.15) is 0 Å². The van der Waals surface area contributed by atoms with Crippen LogP contribution < -0.4 is 10.6 Å². The van der Waals surface area contributed by atoms with Crippen molar-refractivity contribution in [2.75, 3.05) is 18.0 Å². The highest BCUT2D eigenvalue weighted by atomic mass is 15.3. The maximum absolute atomic E-state index is 5.78. The van der Waals surface area contributed by atoms with Crippen LogP contribution in [-0.2, 0) is 6.54 Å². The van der Waals surface area contributed by atoms with Gasteiger partial charge in [-0.2, -0.15) is 0 Å². The van der Waals surface area contributed by atoms with Crippen LogP contribution in [0.25, 0.3) is 11.3 Å². The van der Waals surface area contributed by atoms with E-state index in [1.165, 1.54) is 18.4 Å². The van der Waals surface area contributed by atoms with Crippen LogP contribution >= 0.6 is 0 Å². The molecular weight excluding hydrogens is 248 g/mol. The van der Waals surface area contributed by atoms with Crippen LogP contribution in [0.3, 0.4) is 0 Å². The molecule has 0 saturated carbocycles. The van der Waals surface area contributed by atoms with Crippen molar-refractivity contribution in [1.82, 2.24) is 9.97 Å². The number of hydrogen-bond donors (Lipinski definition) is 1.